The average molecular weight is 391 g/mol. The Morgan fingerprint density at radius 3 is 2.62 bits per heavy atom. The summed E-state index contributed by atoms with van der Waals surface area (Å²) in [5.41, 5.74) is 8.87. The normalized spacial score (nSPS) is 13.9. The third kappa shape index (κ3) is 3.79. The molecule has 29 heavy (non-hydrogen) atoms. The van der Waals surface area contributed by atoms with Gasteiger partial charge in [-0.1, -0.05) is 24.3 Å². The molecule has 4 rings (SSSR count). The predicted molar refractivity (Wildman–Crippen MR) is 108 cm³/mol. The van der Waals surface area contributed by atoms with E-state index in [1.54, 1.807) is 30.1 Å². The Labute approximate surface area is 167 Å². The van der Waals surface area contributed by atoms with E-state index in [1.807, 2.05) is 36.4 Å². The first kappa shape index (κ1) is 18.6. The van der Waals surface area contributed by atoms with E-state index in [4.69, 9.17) is 10.2 Å². The van der Waals surface area contributed by atoms with E-state index in [-0.39, 0.29) is 17.7 Å². The molecule has 0 unspecified atom stereocenters. The van der Waals surface area contributed by atoms with Crippen LogP contribution < -0.4 is 5.73 Å². The van der Waals surface area contributed by atoms with Crippen LogP contribution in [-0.2, 0) is 0 Å². The van der Waals surface area contributed by atoms with Crippen LogP contribution in [0.5, 0.6) is 0 Å². The third-order valence-electron chi connectivity index (χ3n) is 4.64. The minimum Gasteiger partial charge on any atom is -0.414 e. The number of hydrogen-bond donors (Lipinski definition) is 1. The Kier molecular flexibility index (Phi) is 4.94. The van der Waals surface area contributed by atoms with Gasteiger partial charge in [0.05, 0.1) is 11.9 Å². The molecule has 0 saturated carbocycles. The number of amides is 2. The summed E-state index contributed by atoms with van der Waals surface area (Å²) in [4.78, 5) is 24.3. The number of benzene rings is 1. The minimum absolute atomic E-state index is 0.0105. The van der Waals surface area contributed by atoms with Gasteiger partial charge in [-0.15, -0.1) is 10.2 Å². The van der Waals surface area contributed by atoms with E-state index < -0.39 is 0 Å². The highest BCUT2D eigenvalue weighted by Crippen LogP contribution is 2.28. The fourth-order valence-electron chi connectivity index (χ4n) is 3.09. The second-order valence-corrected chi connectivity index (χ2v) is 6.87. The molecule has 1 aromatic carbocycles. The second kappa shape index (κ2) is 7.70. The Morgan fingerprint density at radius 2 is 1.93 bits per heavy atom. The predicted octanol–water partition coefficient (Wildman–Crippen LogP) is 2.55. The highest BCUT2D eigenvalue weighted by Gasteiger charge is 2.22. The molecule has 0 saturated heterocycles. The lowest BCUT2D eigenvalue weighted by molar-refractivity contribution is 0.176. The highest BCUT2D eigenvalue weighted by atomic mass is 16.4. The van der Waals surface area contributed by atoms with Gasteiger partial charge in [0.1, 0.15) is 0 Å². The van der Waals surface area contributed by atoms with E-state index in [2.05, 4.69) is 20.2 Å². The van der Waals surface area contributed by atoms with Crippen molar-refractivity contribution in [2.45, 2.75) is 6.42 Å². The number of nitrogen functional groups attached to an aromatic ring is 1. The van der Waals surface area contributed by atoms with Crippen molar-refractivity contribution >= 4 is 17.4 Å². The first-order chi connectivity index (χ1) is 14.0. The standard InChI is InChI=1S/C20H21N7O2/c1-26(2)20(28)27-10-8-13(9-11-27)15-12-22-17(21)16(23-15)19-25-24-18(29-19)14-6-4-3-5-7-14/h3-8,12H,9-11H2,1-2H3,(H2,21,22). The number of carbonyl (C=O) groups excluding carboxylic acids is 1. The summed E-state index contributed by atoms with van der Waals surface area (Å²) in [7, 11) is 3.49. The molecule has 0 fully saturated rings. The molecule has 3 aromatic rings. The molecule has 1 aliphatic heterocycles. The molecule has 0 atom stereocenters. The molecule has 0 aliphatic carbocycles. The van der Waals surface area contributed by atoms with Gasteiger partial charge in [-0.3, -0.25) is 0 Å². The fourth-order valence-corrected chi connectivity index (χ4v) is 3.09. The Morgan fingerprint density at radius 1 is 1.17 bits per heavy atom. The van der Waals surface area contributed by atoms with Crippen molar-refractivity contribution in [1.82, 2.24) is 30.0 Å². The molecule has 2 N–H and O–H groups in total. The van der Waals surface area contributed by atoms with Crippen LogP contribution in [0, 0.1) is 0 Å². The van der Waals surface area contributed by atoms with Crippen molar-refractivity contribution in [3.05, 3.63) is 48.3 Å². The zero-order valence-electron chi connectivity index (χ0n) is 16.2. The molecule has 0 radical (unpaired) electrons. The third-order valence-corrected chi connectivity index (χ3v) is 4.64. The topological polar surface area (TPSA) is 114 Å². The van der Waals surface area contributed by atoms with Crippen LogP contribution in [-0.4, -0.2) is 63.2 Å². The smallest absolute Gasteiger partial charge is 0.319 e. The van der Waals surface area contributed by atoms with Crippen LogP contribution in [0.4, 0.5) is 10.6 Å². The summed E-state index contributed by atoms with van der Waals surface area (Å²) in [5.74, 6) is 0.830. The van der Waals surface area contributed by atoms with Gasteiger partial charge < -0.3 is 20.0 Å². The van der Waals surface area contributed by atoms with Crippen molar-refractivity contribution < 1.29 is 9.21 Å². The summed E-state index contributed by atoms with van der Waals surface area (Å²) >= 11 is 0. The van der Waals surface area contributed by atoms with Crippen molar-refractivity contribution in [3.63, 3.8) is 0 Å². The molecule has 2 aromatic heterocycles. The van der Waals surface area contributed by atoms with Gasteiger partial charge in [-0.25, -0.2) is 14.8 Å². The summed E-state index contributed by atoms with van der Waals surface area (Å²) in [6.45, 7) is 1.13. The second-order valence-electron chi connectivity index (χ2n) is 6.87. The summed E-state index contributed by atoms with van der Waals surface area (Å²) in [6.07, 6.45) is 4.29. The lowest BCUT2D eigenvalue weighted by Gasteiger charge is -2.28. The first-order valence-electron chi connectivity index (χ1n) is 9.20. The maximum Gasteiger partial charge on any atom is 0.319 e. The van der Waals surface area contributed by atoms with Crippen LogP contribution in [0.1, 0.15) is 12.1 Å². The summed E-state index contributed by atoms with van der Waals surface area (Å²) < 4.78 is 5.77. The molecular formula is C20H21N7O2. The molecule has 9 nitrogen and oxygen atoms in total. The van der Waals surface area contributed by atoms with Crippen molar-refractivity contribution in [2.75, 3.05) is 32.9 Å². The van der Waals surface area contributed by atoms with Gasteiger partial charge in [0.25, 0.3) is 5.89 Å². The Balaban J connectivity index is 1.59. The fraction of sp³-hybridized carbons (Fsp3) is 0.250. The van der Waals surface area contributed by atoms with Gasteiger partial charge in [0, 0.05) is 32.7 Å². The number of nitrogens with two attached hydrogens (primary N) is 1. The van der Waals surface area contributed by atoms with Crippen LogP contribution >= 0.6 is 0 Å². The number of rotatable bonds is 3. The van der Waals surface area contributed by atoms with Crippen molar-refractivity contribution in [2.24, 2.45) is 0 Å². The monoisotopic (exact) mass is 391 g/mol. The summed E-state index contributed by atoms with van der Waals surface area (Å²) in [6, 6.07) is 9.47. The van der Waals surface area contributed by atoms with Gasteiger partial charge in [0.2, 0.25) is 5.89 Å². The zero-order chi connectivity index (χ0) is 20.4. The molecule has 0 bridgehead atoms. The van der Waals surface area contributed by atoms with E-state index in [9.17, 15) is 4.79 Å². The quantitative estimate of drug-likeness (QED) is 0.729. The molecule has 0 spiro atoms. The lowest BCUT2D eigenvalue weighted by atomic mass is 10.1. The van der Waals surface area contributed by atoms with Crippen LogP contribution in [0.3, 0.4) is 0 Å². The number of anilines is 1. The maximum atomic E-state index is 12.1. The highest BCUT2D eigenvalue weighted by molar-refractivity contribution is 5.76. The molecule has 9 heteroatoms. The van der Waals surface area contributed by atoms with Gasteiger partial charge >= 0.3 is 6.03 Å². The number of urea groups is 1. The van der Waals surface area contributed by atoms with Crippen LogP contribution in [0.2, 0.25) is 0 Å². The molecule has 2 amide bonds. The Hall–Kier alpha value is -3.75. The number of hydrogen-bond acceptors (Lipinski definition) is 7. The van der Waals surface area contributed by atoms with Gasteiger partial charge in [0.15, 0.2) is 11.5 Å². The summed E-state index contributed by atoms with van der Waals surface area (Å²) in [5, 5.41) is 8.18. The van der Waals surface area contributed by atoms with E-state index >= 15 is 0 Å². The van der Waals surface area contributed by atoms with E-state index in [1.165, 1.54) is 0 Å². The van der Waals surface area contributed by atoms with Crippen LogP contribution in [0.15, 0.2) is 47.0 Å². The van der Waals surface area contributed by atoms with E-state index in [0.717, 1.165) is 11.1 Å². The largest absolute Gasteiger partial charge is 0.414 e. The van der Waals surface area contributed by atoms with E-state index in [0.29, 0.717) is 36.8 Å². The van der Waals surface area contributed by atoms with Gasteiger partial charge in [-0.2, -0.15) is 0 Å². The van der Waals surface area contributed by atoms with Crippen molar-refractivity contribution in [3.8, 4) is 23.0 Å². The molecule has 1 aliphatic rings. The SMILES string of the molecule is CN(C)C(=O)N1CC=C(c2cnc(N)c(-c3nnc(-c4ccccc4)o3)n2)CC1. The molecule has 3 heterocycles. The molecular weight excluding hydrogens is 370 g/mol. The lowest BCUT2D eigenvalue weighted by Crippen LogP contribution is -2.41. The minimum atomic E-state index is -0.0105. The van der Waals surface area contributed by atoms with Gasteiger partial charge in [-0.05, 0) is 24.1 Å². The Bertz CT molecular complexity index is 1060. The number of nitrogens with zero attached hydrogens (tertiary/aromatic N) is 6. The number of aromatic nitrogens is 4. The number of carbonyl (C=O) groups is 1. The van der Waals surface area contributed by atoms with Crippen LogP contribution in [0.25, 0.3) is 28.6 Å². The zero-order valence-corrected chi connectivity index (χ0v) is 16.2. The molecule has 148 valence electrons. The first-order valence-corrected chi connectivity index (χ1v) is 9.20. The average Bonchev–Trinajstić information content (AvgIpc) is 3.24. The van der Waals surface area contributed by atoms with Crippen molar-refractivity contribution in [1.29, 1.82) is 0 Å². The maximum absolute atomic E-state index is 12.1.